The first kappa shape index (κ1) is 23.7. The SMILES string of the molecule is CCCNS(=O)(=O)c1ccc(NS(=O)(=O)c2ccc(-c3ncc(-c4ccccc4)o3)cc2)cc1. The molecule has 0 atom stereocenters. The maximum Gasteiger partial charge on any atom is 0.261 e. The Balaban J connectivity index is 1.48. The zero-order valence-corrected chi connectivity index (χ0v) is 19.9. The first-order valence-corrected chi connectivity index (χ1v) is 13.5. The molecule has 0 saturated carbocycles. The van der Waals surface area contributed by atoms with Crippen LogP contribution < -0.4 is 9.44 Å². The lowest BCUT2D eigenvalue weighted by Gasteiger charge is -2.10. The van der Waals surface area contributed by atoms with E-state index in [1.54, 1.807) is 18.3 Å². The van der Waals surface area contributed by atoms with Crippen molar-refractivity contribution in [3.05, 3.63) is 85.1 Å². The van der Waals surface area contributed by atoms with Crippen LogP contribution in [0.3, 0.4) is 0 Å². The van der Waals surface area contributed by atoms with E-state index in [0.717, 1.165) is 5.56 Å². The van der Waals surface area contributed by atoms with Gasteiger partial charge in [-0.05, 0) is 55.0 Å². The van der Waals surface area contributed by atoms with E-state index in [2.05, 4.69) is 14.4 Å². The molecule has 2 N–H and O–H groups in total. The first-order valence-electron chi connectivity index (χ1n) is 10.5. The summed E-state index contributed by atoms with van der Waals surface area (Å²) in [5, 5.41) is 0. The van der Waals surface area contributed by atoms with E-state index in [0.29, 0.717) is 30.2 Å². The molecule has 8 nitrogen and oxygen atoms in total. The zero-order valence-electron chi connectivity index (χ0n) is 18.3. The molecule has 0 aliphatic heterocycles. The summed E-state index contributed by atoms with van der Waals surface area (Å²) in [5.41, 5.74) is 1.78. The Morgan fingerprint density at radius 1 is 0.765 bits per heavy atom. The van der Waals surface area contributed by atoms with Crippen LogP contribution in [-0.4, -0.2) is 28.4 Å². The summed E-state index contributed by atoms with van der Waals surface area (Å²) in [6.45, 7) is 2.19. The van der Waals surface area contributed by atoms with Crippen LogP contribution >= 0.6 is 0 Å². The minimum atomic E-state index is -3.88. The molecular weight excluding hydrogens is 474 g/mol. The number of anilines is 1. The van der Waals surface area contributed by atoms with E-state index in [1.165, 1.54) is 36.4 Å². The summed E-state index contributed by atoms with van der Waals surface area (Å²) in [6, 6.07) is 21.2. The molecule has 0 fully saturated rings. The predicted octanol–water partition coefficient (Wildman–Crippen LogP) is 4.50. The molecule has 10 heteroatoms. The van der Waals surface area contributed by atoms with Crippen LogP contribution in [0.25, 0.3) is 22.8 Å². The van der Waals surface area contributed by atoms with E-state index in [-0.39, 0.29) is 15.5 Å². The second kappa shape index (κ2) is 9.80. The van der Waals surface area contributed by atoms with Crippen molar-refractivity contribution in [2.75, 3.05) is 11.3 Å². The Kier molecular flexibility index (Phi) is 6.82. The highest BCUT2D eigenvalue weighted by atomic mass is 32.2. The number of oxazole rings is 1. The molecule has 3 aromatic carbocycles. The lowest BCUT2D eigenvalue weighted by molar-refractivity contribution is 0.580. The van der Waals surface area contributed by atoms with Crippen LogP contribution in [0.2, 0.25) is 0 Å². The summed E-state index contributed by atoms with van der Waals surface area (Å²) >= 11 is 0. The fourth-order valence-corrected chi connectivity index (χ4v) is 5.35. The van der Waals surface area contributed by atoms with Gasteiger partial charge in [-0.15, -0.1) is 0 Å². The van der Waals surface area contributed by atoms with Crippen molar-refractivity contribution < 1.29 is 21.3 Å². The molecule has 0 spiro atoms. The van der Waals surface area contributed by atoms with E-state index in [1.807, 2.05) is 37.3 Å². The smallest absolute Gasteiger partial charge is 0.261 e. The van der Waals surface area contributed by atoms with Crippen molar-refractivity contribution in [3.8, 4) is 22.8 Å². The fraction of sp³-hybridized carbons (Fsp3) is 0.125. The second-order valence-electron chi connectivity index (χ2n) is 7.45. The number of nitrogens with zero attached hydrogens (tertiary/aromatic N) is 1. The monoisotopic (exact) mass is 497 g/mol. The molecule has 1 heterocycles. The van der Waals surface area contributed by atoms with Gasteiger partial charge in [-0.2, -0.15) is 0 Å². The van der Waals surface area contributed by atoms with Gasteiger partial charge in [0.15, 0.2) is 5.76 Å². The van der Waals surface area contributed by atoms with Crippen molar-refractivity contribution in [2.45, 2.75) is 23.1 Å². The molecule has 34 heavy (non-hydrogen) atoms. The van der Waals surface area contributed by atoms with Gasteiger partial charge in [-0.3, -0.25) is 4.72 Å². The van der Waals surface area contributed by atoms with Crippen molar-refractivity contribution >= 4 is 25.7 Å². The van der Waals surface area contributed by atoms with Gasteiger partial charge in [0.05, 0.1) is 16.0 Å². The molecule has 4 aromatic rings. The highest BCUT2D eigenvalue weighted by molar-refractivity contribution is 7.92. The van der Waals surface area contributed by atoms with Crippen LogP contribution in [0.15, 0.2) is 99.3 Å². The minimum Gasteiger partial charge on any atom is -0.436 e. The average Bonchev–Trinajstić information content (AvgIpc) is 3.34. The number of hydrogen-bond donors (Lipinski definition) is 2. The van der Waals surface area contributed by atoms with E-state index in [9.17, 15) is 16.8 Å². The van der Waals surface area contributed by atoms with Crippen LogP contribution in [0, 0.1) is 0 Å². The minimum absolute atomic E-state index is 0.0485. The molecule has 1 aromatic heterocycles. The molecule has 0 radical (unpaired) electrons. The van der Waals surface area contributed by atoms with Gasteiger partial charge in [0.25, 0.3) is 10.0 Å². The van der Waals surface area contributed by atoms with Crippen LogP contribution in [0.4, 0.5) is 5.69 Å². The molecular formula is C24H23N3O5S2. The molecule has 0 saturated heterocycles. The van der Waals surface area contributed by atoms with Crippen molar-refractivity contribution in [2.24, 2.45) is 0 Å². The summed E-state index contributed by atoms with van der Waals surface area (Å²) < 4.78 is 60.7. The molecule has 0 amide bonds. The third kappa shape index (κ3) is 5.36. The Morgan fingerprint density at radius 3 is 2.03 bits per heavy atom. The van der Waals surface area contributed by atoms with Crippen molar-refractivity contribution in [1.29, 1.82) is 0 Å². The summed E-state index contributed by atoms with van der Waals surface area (Å²) in [5.74, 6) is 0.994. The Morgan fingerprint density at radius 2 is 1.38 bits per heavy atom. The molecule has 0 unspecified atom stereocenters. The Hall–Kier alpha value is -3.47. The van der Waals surface area contributed by atoms with Gasteiger partial charge in [-0.1, -0.05) is 37.3 Å². The number of rotatable bonds is 9. The molecule has 0 aliphatic rings. The van der Waals surface area contributed by atoms with E-state index >= 15 is 0 Å². The Labute approximate surface area is 198 Å². The average molecular weight is 498 g/mol. The maximum atomic E-state index is 12.8. The molecule has 4 rings (SSSR count). The normalized spacial score (nSPS) is 11.9. The lowest BCUT2D eigenvalue weighted by Crippen LogP contribution is -2.24. The summed E-state index contributed by atoms with van der Waals surface area (Å²) in [6.07, 6.45) is 2.29. The van der Waals surface area contributed by atoms with Crippen LogP contribution in [0.5, 0.6) is 0 Å². The molecule has 0 bridgehead atoms. The largest absolute Gasteiger partial charge is 0.436 e. The van der Waals surface area contributed by atoms with E-state index < -0.39 is 20.0 Å². The third-order valence-corrected chi connectivity index (χ3v) is 7.81. The number of nitrogens with one attached hydrogen (secondary N) is 2. The number of hydrogen-bond acceptors (Lipinski definition) is 6. The van der Waals surface area contributed by atoms with Gasteiger partial charge >= 0.3 is 0 Å². The van der Waals surface area contributed by atoms with Crippen LogP contribution in [-0.2, 0) is 20.0 Å². The van der Waals surface area contributed by atoms with Gasteiger partial charge < -0.3 is 4.42 Å². The van der Waals surface area contributed by atoms with Gasteiger partial charge in [0.2, 0.25) is 15.9 Å². The zero-order chi connectivity index (χ0) is 24.2. The standard InChI is InChI=1S/C24H23N3O5S2/c1-2-16-26-33(28,29)21-14-10-20(11-15-21)27-34(30,31)22-12-8-19(9-13-22)24-25-17-23(32-24)18-6-4-3-5-7-18/h3-15,17,26-27H,2,16H2,1H3. The lowest BCUT2D eigenvalue weighted by atomic mass is 10.2. The first-order chi connectivity index (χ1) is 16.3. The van der Waals surface area contributed by atoms with Crippen molar-refractivity contribution in [3.63, 3.8) is 0 Å². The molecule has 0 aliphatic carbocycles. The fourth-order valence-electron chi connectivity index (χ4n) is 3.16. The third-order valence-electron chi connectivity index (χ3n) is 4.93. The number of aromatic nitrogens is 1. The highest BCUT2D eigenvalue weighted by Gasteiger charge is 2.17. The maximum absolute atomic E-state index is 12.8. The van der Waals surface area contributed by atoms with E-state index in [4.69, 9.17) is 4.42 Å². The van der Waals surface area contributed by atoms with Gasteiger partial charge in [0, 0.05) is 23.4 Å². The highest BCUT2D eigenvalue weighted by Crippen LogP contribution is 2.27. The van der Waals surface area contributed by atoms with Gasteiger partial charge in [-0.25, -0.2) is 26.5 Å². The predicted molar refractivity (Wildman–Crippen MR) is 130 cm³/mol. The van der Waals surface area contributed by atoms with Crippen LogP contribution in [0.1, 0.15) is 13.3 Å². The summed E-state index contributed by atoms with van der Waals surface area (Å²) in [7, 11) is -7.50. The Bertz CT molecular complexity index is 1460. The molecule has 176 valence electrons. The quantitative estimate of drug-likeness (QED) is 0.352. The second-order valence-corrected chi connectivity index (χ2v) is 10.9. The van der Waals surface area contributed by atoms with Gasteiger partial charge in [0.1, 0.15) is 0 Å². The van der Waals surface area contributed by atoms with Crippen molar-refractivity contribution in [1.82, 2.24) is 9.71 Å². The number of benzene rings is 3. The summed E-state index contributed by atoms with van der Waals surface area (Å²) in [4.78, 5) is 4.40. The topological polar surface area (TPSA) is 118 Å². The number of sulfonamides is 2.